The Kier molecular flexibility index (Phi) is 7.79. The molecule has 0 aliphatic carbocycles. The van der Waals surface area contributed by atoms with Crippen LogP contribution >= 0.6 is 23.2 Å². The van der Waals surface area contributed by atoms with Crippen molar-refractivity contribution in [2.75, 3.05) is 6.26 Å². The zero-order valence-corrected chi connectivity index (χ0v) is 19.9. The van der Waals surface area contributed by atoms with Crippen LogP contribution in [0.3, 0.4) is 0 Å². The molecule has 9 heteroatoms. The lowest BCUT2D eigenvalue weighted by Gasteiger charge is -2.30. The van der Waals surface area contributed by atoms with Crippen molar-refractivity contribution in [2.24, 2.45) is 0 Å². The molecule has 3 aromatic carbocycles. The monoisotopic (exact) mass is 505 g/mol. The van der Waals surface area contributed by atoms with Crippen LogP contribution in [0, 0.1) is 0 Å². The van der Waals surface area contributed by atoms with Gasteiger partial charge in [-0.2, -0.15) is 0 Å². The van der Waals surface area contributed by atoms with Crippen LogP contribution in [0.2, 0.25) is 10.0 Å². The van der Waals surface area contributed by atoms with E-state index in [9.17, 15) is 23.1 Å². The molecule has 0 bridgehead atoms. The second kappa shape index (κ2) is 10.4. The topological polar surface area (TPSA) is 91.8 Å². The van der Waals surface area contributed by atoms with Gasteiger partial charge in [0.15, 0.2) is 9.84 Å². The summed E-state index contributed by atoms with van der Waals surface area (Å²) in [4.78, 5) is 27.1. The standard InChI is InChI=1S/C24H21Cl2NO5S/c1-33(31,32)19-10-7-17(8-11-19)15-27(23(28)20-12-9-18(25)14-21(20)26)22(24(29)30)13-16-5-3-2-4-6-16/h2-12,14,22H,13,15H2,1H3,(H,29,30). The summed E-state index contributed by atoms with van der Waals surface area (Å²) in [6.07, 6.45) is 1.18. The third-order valence-electron chi connectivity index (χ3n) is 5.06. The zero-order chi connectivity index (χ0) is 24.2. The maximum absolute atomic E-state index is 13.5. The van der Waals surface area contributed by atoms with E-state index in [0.29, 0.717) is 10.6 Å². The molecule has 1 atom stereocenters. The van der Waals surface area contributed by atoms with Gasteiger partial charge in [-0.1, -0.05) is 65.7 Å². The van der Waals surface area contributed by atoms with Crippen molar-refractivity contribution in [2.45, 2.75) is 23.9 Å². The van der Waals surface area contributed by atoms with Crippen LogP contribution in [0.5, 0.6) is 0 Å². The number of carbonyl (C=O) groups excluding carboxylic acids is 1. The van der Waals surface area contributed by atoms with Gasteiger partial charge in [-0.15, -0.1) is 0 Å². The first-order valence-electron chi connectivity index (χ1n) is 9.88. The minimum Gasteiger partial charge on any atom is -0.480 e. The van der Waals surface area contributed by atoms with Crippen molar-refractivity contribution in [3.63, 3.8) is 0 Å². The van der Waals surface area contributed by atoms with Gasteiger partial charge in [-0.25, -0.2) is 13.2 Å². The molecule has 0 heterocycles. The van der Waals surface area contributed by atoms with Gasteiger partial charge in [-0.05, 0) is 41.5 Å². The molecule has 6 nitrogen and oxygen atoms in total. The number of benzene rings is 3. The van der Waals surface area contributed by atoms with Crippen molar-refractivity contribution in [3.05, 3.63) is 99.5 Å². The van der Waals surface area contributed by atoms with E-state index in [1.54, 1.807) is 36.4 Å². The van der Waals surface area contributed by atoms with E-state index >= 15 is 0 Å². The van der Waals surface area contributed by atoms with Crippen molar-refractivity contribution in [1.29, 1.82) is 0 Å². The molecular formula is C24H21Cl2NO5S. The highest BCUT2D eigenvalue weighted by Crippen LogP contribution is 2.25. The van der Waals surface area contributed by atoms with Gasteiger partial charge in [0, 0.05) is 24.2 Å². The highest BCUT2D eigenvalue weighted by Gasteiger charge is 2.32. The van der Waals surface area contributed by atoms with Gasteiger partial charge >= 0.3 is 5.97 Å². The van der Waals surface area contributed by atoms with Crippen LogP contribution in [0.4, 0.5) is 0 Å². The first-order valence-corrected chi connectivity index (χ1v) is 12.5. The lowest BCUT2D eigenvalue weighted by atomic mass is 10.0. The van der Waals surface area contributed by atoms with Gasteiger partial charge < -0.3 is 10.0 Å². The number of rotatable bonds is 8. The van der Waals surface area contributed by atoms with Crippen molar-refractivity contribution in [1.82, 2.24) is 4.90 Å². The summed E-state index contributed by atoms with van der Waals surface area (Å²) in [6, 6.07) is 18.1. The molecule has 0 aliphatic heterocycles. The van der Waals surface area contributed by atoms with Gasteiger partial charge in [-0.3, -0.25) is 4.79 Å². The van der Waals surface area contributed by atoms with Crippen LogP contribution in [-0.4, -0.2) is 42.6 Å². The van der Waals surface area contributed by atoms with E-state index in [1.807, 2.05) is 6.07 Å². The Morgan fingerprint density at radius 3 is 2.12 bits per heavy atom. The van der Waals surface area contributed by atoms with Crippen molar-refractivity contribution in [3.8, 4) is 0 Å². The molecule has 1 amide bonds. The quantitative estimate of drug-likeness (QED) is 0.477. The molecule has 0 aliphatic rings. The summed E-state index contributed by atoms with van der Waals surface area (Å²) < 4.78 is 23.5. The average molecular weight is 506 g/mol. The summed E-state index contributed by atoms with van der Waals surface area (Å²) in [6.45, 7) is -0.0639. The summed E-state index contributed by atoms with van der Waals surface area (Å²) in [5.74, 6) is -1.75. The Morgan fingerprint density at radius 2 is 1.58 bits per heavy atom. The Balaban J connectivity index is 2.02. The van der Waals surface area contributed by atoms with E-state index in [2.05, 4.69) is 0 Å². The van der Waals surface area contributed by atoms with E-state index in [0.717, 1.165) is 11.8 Å². The highest BCUT2D eigenvalue weighted by atomic mass is 35.5. The minimum atomic E-state index is -3.39. The fraction of sp³-hybridized carbons (Fsp3) is 0.167. The van der Waals surface area contributed by atoms with Gasteiger partial charge in [0.1, 0.15) is 6.04 Å². The SMILES string of the molecule is CS(=O)(=O)c1ccc(CN(C(=O)c2ccc(Cl)cc2Cl)C(Cc2ccccc2)C(=O)O)cc1. The molecule has 3 aromatic rings. The van der Waals surface area contributed by atoms with Crippen LogP contribution in [0.15, 0.2) is 77.7 Å². The molecule has 0 radical (unpaired) electrons. The van der Waals surface area contributed by atoms with Gasteiger partial charge in [0.2, 0.25) is 0 Å². The van der Waals surface area contributed by atoms with Crippen LogP contribution in [-0.2, 0) is 27.6 Å². The Morgan fingerprint density at radius 1 is 0.939 bits per heavy atom. The van der Waals surface area contributed by atoms with Crippen LogP contribution in [0.25, 0.3) is 0 Å². The number of carbonyl (C=O) groups is 2. The maximum Gasteiger partial charge on any atom is 0.326 e. The first kappa shape index (κ1) is 24.8. The third kappa shape index (κ3) is 6.35. The van der Waals surface area contributed by atoms with E-state index in [-0.39, 0.29) is 28.4 Å². The molecule has 172 valence electrons. The molecule has 1 unspecified atom stereocenters. The molecular weight excluding hydrogens is 485 g/mol. The molecule has 0 spiro atoms. The second-order valence-electron chi connectivity index (χ2n) is 7.52. The number of carboxylic acid groups (broad SMARTS) is 1. The number of amides is 1. The summed E-state index contributed by atoms with van der Waals surface area (Å²) >= 11 is 12.2. The number of carboxylic acids is 1. The molecule has 0 fully saturated rings. The fourth-order valence-corrected chi connectivity index (χ4v) is 4.47. The molecule has 0 aromatic heterocycles. The molecule has 1 N–H and O–H groups in total. The van der Waals surface area contributed by atoms with Gasteiger partial charge in [0.05, 0.1) is 15.5 Å². The maximum atomic E-state index is 13.5. The minimum absolute atomic E-state index is 0.0639. The second-order valence-corrected chi connectivity index (χ2v) is 10.4. The zero-order valence-electron chi connectivity index (χ0n) is 17.6. The summed E-state index contributed by atoms with van der Waals surface area (Å²) in [7, 11) is -3.39. The predicted molar refractivity (Wildman–Crippen MR) is 127 cm³/mol. The molecule has 3 rings (SSSR count). The van der Waals surface area contributed by atoms with Crippen LogP contribution in [0.1, 0.15) is 21.5 Å². The fourth-order valence-electron chi connectivity index (χ4n) is 3.35. The number of sulfone groups is 1. The first-order chi connectivity index (χ1) is 15.6. The smallest absolute Gasteiger partial charge is 0.326 e. The number of hydrogen-bond donors (Lipinski definition) is 1. The Labute approximate surface area is 202 Å². The Bertz CT molecular complexity index is 1260. The lowest BCUT2D eigenvalue weighted by molar-refractivity contribution is -0.142. The molecule has 33 heavy (non-hydrogen) atoms. The van der Waals surface area contributed by atoms with Crippen LogP contribution < -0.4 is 0 Å². The normalized spacial score (nSPS) is 12.2. The summed E-state index contributed by atoms with van der Waals surface area (Å²) in [5.41, 5.74) is 1.44. The van der Waals surface area contributed by atoms with E-state index < -0.39 is 27.8 Å². The number of nitrogens with zero attached hydrogens (tertiary/aromatic N) is 1. The third-order valence-corrected chi connectivity index (χ3v) is 6.74. The van der Waals surface area contributed by atoms with Crippen molar-refractivity contribution < 1.29 is 23.1 Å². The average Bonchev–Trinajstić information content (AvgIpc) is 2.76. The predicted octanol–water partition coefficient (Wildman–Crippen LogP) is 4.74. The largest absolute Gasteiger partial charge is 0.480 e. The summed E-state index contributed by atoms with van der Waals surface area (Å²) in [5, 5.41) is 10.5. The lowest BCUT2D eigenvalue weighted by Crippen LogP contribution is -2.46. The number of halogens is 2. The molecule has 0 saturated heterocycles. The van der Waals surface area contributed by atoms with Gasteiger partial charge in [0.25, 0.3) is 5.91 Å². The Hall–Kier alpha value is -2.87. The van der Waals surface area contributed by atoms with E-state index in [1.165, 1.54) is 35.2 Å². The molecule has 0 saturated carbocycles. The van der Waals surface area contributed by atoms with Crippen molar-refractivity contribution >= 4 is 44.9 Å². The number of hydrogen-bond acceptors (Lipinski definition) is 4. The number of aliphatic carboxylic acids is 1. The van der Waals surface area contributed by atoms with E-state index in [4.69, 9.17) is 23.2 Å². The highest BCUT2D eigenvalue weighted by molar-refractivity contribution is 7.90.